The van der Waals surface area contributed by atoms with Crippen LogP contribution in [0, 0.1) is 6.92 Å². The SMILES string of the molecule is COCc1nc(-c2ncccc2C)sc1CNC1CC1. The van der Waals surface area contributed by atoms with Gasteiger partial charge in [0, 0.05) is 30.8 Å². The third-order valence-corrected chi connectivity index (χ3v) is 4.50. The molecule has 106 valence electrons. The zero-order valence-electron chi connectivity index (χ0n) is 11.8. The van der Waals surface area contributed by atoms with Crippen LogP contribution in [0.25, 0.3) is 10.7 Å². The highest BCUT2D eigenvalue weighted by Gasteiger charge is 2.22. The summed E-state index contributed by atoms with van der Waals surface area (Å²) >= 11 is 1.72. The second-order valence-corrected chi connectivity index (χ2v) is 6.23. The van der Waals surface area contributed by atoms with Crippen LogP contribution in [0.2, 0.25) is 0 Å². The van der Waals surface area contributed by atoms with E-state index in [4.69, 9.17) is 9.72 Å². The molecule has 0 bridgehead atoms. The van der Waals surface area contributed by atoms with E-state index < -0.39 is 0 Å². The molecular formula is C15H19N3OS. The summed E-state index contributed by atoms with van der Waals surface area (Å²) in [5, 5.41) is 4.53. The summed E-state index contributed by atoms with van der Waals surface area (Å²) in [4.78, 5) is 10.4. The molecule has 0 aromatic carbocycles. The molecule has 0 saturated heterocycles. The van der Waals surface area contributed by atoms with Gasteiger partial charge in [-0.25, -0.2) is 4.98 Å². The molecule has 20 heavy (non-hydrogen) atoms. The Hall–Kier alpha value is -1.30. The van der Waals surface area contributed by atoms with Gasteiger partial charge in [0.25, 0.3) is 0 Å². The molecule has 1 saturated carbocycles. The van der Waals surface area contributed by atoms with Crippen molar-refractivity contribution in [3.63, 3.8) is 0 Å². The van der Waals surface area contributed by atoms with Gasteiger partial charge in [0.2, 0.25) is 0 Å². The monoisotopic (exact) mass is 289 g/mol. The number of hydrogen-bond acceptors (Lipinski definition) is 5. The van der Waals surface area contributed by atoms with Crippen LogP contribution in [-0.2, 0) is 17.9 Å². The number of pyridine rings is 1. The molecule has 0 aliphatic heterocycles. The van der Waals surface area contributed by atoms with Crippen LogP contribution >= 0.6 is 11.3 Å². The number of aromatic nitrogens is 2. The Morgan fingerprint density at radius 3 is 3.00 bits per heavy atom. The van der Waals surface area contributed by atoms with Crippen LogP contribution in [0.4, 0.5) is 0 Å². The zero-order valence-corrected chi connectivity index (χ0v) is 12.7. The number of aryl methyl sites for hydroxylation is 1. The summed E-state index contributed by atoms with van der Waals surface area (Å²) in [7, 11) is 1.71. The minimum atomic E-state index is 0.560. The lowest BCUT2D eigenvalue weighted by Crippen LogP contribution is -2.15. The molecule has 1 aliphatic carbocycles. The van der Waals surface area contributed by atoms with Gasteiger partial charge in [-0.1, -0.05) is 6.07 Å². The number of nitrogens with one attached hydrogen (secondary N) is 1. The molecule has 0 atom stereocenters. The standard InChI is InChI=1S/C15H19N3OS/c1-10-4-3-7-16-14(10)15-18-12(9-19-2)13(20-15)8-17-11-5-6-11/h3-4,7,11,17H,5-6,8-9H2,1-2H3. The van der Waals surface area contributed by atoms with E-state index in [1.165, 1.54) is 17.7 Å². The first-order valence-electron chi connectivity index (χ1n) is 6.91. The normalized spacial score (nSPS) is 14.7. The largest absolute Gasteiger partial charge is 0.378 e. The van der Waals surface area contributed by atoms with Crippen molar-refractivity contribution in [2.24, 2.45) is 0 Å². The molecule has 4 nitrogen and oxygen atoms in total. The van der Waals surface area contributed by atoms with Crippen molar-refractivity contribution in [3.8, 4) is 10.7 Å². The minimum absolute atomic E-state index is 0.560. The van der Waals surface area contributed by atoms with E-state index in [1.807, 2.05) is 12.3 Å². The molecule has 0 unspecified atom stereocenters. The summed E-state index contributed by atoms with van der Waals surface area (Å²) in [6.07, 6.45) is 4.41. The van der Waals surface area contributed by atoms with Crippen LogP contribution in [0.3, 0.4) is 0 Å². The first-order valence-corrected chi connectivity index (χ1v) is 7.72. The third kappa shape index (κ3) is 3.06. The Labute approximate surface area is 123 Å². The smallest absolute Gasteiger partial charge is 0.142 e. The van der Waals surface area contributed by atoms with Crippen LogP contribution in [0.1, 0.15) is 29.0 Å². The van der Waals surface area contributed by atoms with Crippen molar-refractivity contribution in [1.29, 1.82) is 0 Å². The van der Waals surface area contributed by atoms with Crippen molar-refractivity contribution in [2.45, 2.75) is 39.0 Å². The second-order valence-electron chi connectivity index (χ2n) is 5.15. The van der Waals surface area contributed by atoms with E-state index in [2.05, 4.69) is 23.3 Å². The third-order valence-electron chi connectivity index (χ3n) is 3.40. The second kappa shape index (κ2) is 5.99. The van der Waals surface area contributed by atoms with Crippen molar-refractivity contribution in [3.05, 3.63) is 34.5 Å². The number of hydrogen-bond donors (Lipinski definition) is 1. The Morgan fingerprint density at radius 1 is 1.45 bits per heavy atom. The highest BCUT2D eigenvalue weighted by Crippen LogP contribution is 2.30. The van der Waals surface area contributed by atoms with Crippen molar-refractivity contribution >= 4 is 11.3 Å². The van der Waals surface area contributed by atoms with E-state index in [1.54, 1.807) is 18.4 Å². The first-order chi connectivity index (χ1) is 9.78. The fraction of sp³-hybridized carbons (Fsp3) is 0.467. The fourth-order valence-corrected chi connectivity index (χ4v) is 3.18. The highest BCUT2D eigenvalue weighted by molar-refractivity contribution is 7.15. The molecule has 2 aromatic rings. The van der Waals surface area contributed by atoms with Gasteiger partial charge >= 0.3 is 0 Å². The lowest BCUT2D eigenvalue weighted by molar-refractivity contribution is 0.181. The zero-order chi connectivity index (χ0) is 13.9. The van der Waals surface area contributed by atoms with Gasteiger partial charge in [-0.05, 0) is 31.4 Å². The van der Waals surface area contributed by atoms with Crippen LogP contribution in [0.5, 0.6) is 0 Å². The molecule has 5 heteroatoms. The van der Waals surface area contributed by atoms with E-state index in [0.29, 0.717) is 12.6 Å². The van der Waals surface area contributed by atoms with Crippen LogP contribution in [0.15, 0.2) is 18.3 Å². The number of thiazole rings is 1. The predicted octanol–water partition coefficient (Wildman–Crippen LogP) is 2.91. The Balaban J connectivity index is 1.87. The maximum Gasteiger partial charge on any atom is 0.142 e. The van der Waals surface area contributed by atoms with E-state index >= 15 is 0 Å². The quantitative estimate of drug-likeness (QED) is 0.888. The lowest BCUT2D eigenvalue weighted by atomic mass is 10.2. The van der Waals surface area contributed by atoms with Gasteiger partial charge < -0.3 is 10.1 Å². The van der Waals surface area contributed by atoms with E-state index in [-0.39, 0.29) is 0 Å². The van der Waals surface area contributed by atoms with Gasteiger partial charge in [0.05, 0.1) is 12.3 Å². The van der Waals surface area contributed by atoms with Crippen molar-refractivity contribution in [2.75, 3.05) is 7.11 Å². The molecule has 2 heterocycles. The Kier molecular flexibility index (Phi) is 4.10. The average molecular weight is 289 g/mol. The summed E-state index contributed by atoms with van der Waals surface area (Å²) in [5.74, 6) is 0. The molecule has 0 radical (unpaired) electrons. The minimum Gasteiger partial charge on any atom is -0.378 e. The topological polar surface area (TPSA) is 47.0 Å². The molecule has 0 spiro atoms. The van der Waals surface area contributed by atoms with Gasteiger partial charge in [0.15, 0.2) is 0 Å². The maximum absolute atomic E-state index is 5.27. The van der Waals surface area contributed by atoms with Crippen LogP contribution < -0.4 is 5.32 Å². The molecule has 1 N–H and O–H groups in total. The Bertz CT molecular complexity index is 593. The van der Waals surface area contributed by atoms with Crippen LogP contribution in [-0.4, -0.2) is 23.1 Å². The molecule has 0 amide bonds. The number of ether oxygens (including phenoxy) is 1. The molecule has 1 fully saturated rings. The average Bonchev–Trinajstić information content (AvgIpc) is 3.19. The lowest BCUT2D eigenvalue weighted by Gasteiger charge is -2.02. The maximum atomic E-state index is 5.27. The molecule has 2 aromatic heterocycles. The van der Waals surface area contributed by atoms with E-state index in [0.717, 1.165) is 28.5 Å². The van der Waals surface area contributed by atoms with E-state index in [9.17, 15) is 0 Å². The van der Waals surface area contributed by atoms with Crippen molar-refractivity contribution < 1.29 is 4.74 Å². The summed E-state index contributed by atoms with van der Waals surface area (Å²) in [5.41, 5.74) is 3.17. The van der Waals surface area contributed by atoms with Gasteiger partial charge in [-0.15, -0.1) is 11.3 Å². The van der Waals surface area contributed by atoms with Crippen molar-refractivity contribution in [1.82, 2.24) is 15.3 Å². The number of rotatable bonds is 6. The number of nitrogens with zero attached hydrogens (tertiary/aromatic N) is 2. The fourth-order valence-electron chi connectivity index (χ4n) is 2.11. The molecule has 1 aliphatic rings. The predicted molar refractivity (Wildman–Crippen MR) is 80.7 cm³/mol. The molecule has 3 rings (SSSR count). The summed E-state index contributed by atoms with van der Waals surface area (Å²) in [6.45, 7) is 3.51. The summed E-state index contributed by atoms with van der Waals surface area (Å²) in [6, 6.07) is 4.73. The first kappa shape index (κ1) is 13.7. The number of methoxy groups -OCH3 is 1. The van der Waals surface area contributed by atoms with Gasteiger partial charge in [-0.2, -0.15) is 0 Å². The molecular weight excluding hydrogens is 270 g/mol. The van der Waals surface area contributed by atoms with Gasteiger partial charge in [0.1, 0.15) is 10.7 Å². The Morgan fingerprint density at radius 2 is 2.30 bits per heavy atom. The van der Waals surface area contributed by atoms with Gasteiger partial charge in [-0.3, -0.25) is 4.98 Å². The summed E-state index contributed by atoms with van der Waals surface area (Å²) < 4.78 is 5.27. The highest BCUT2D eigenvalue weighted by atomic mass is 32.1.